The number of nitro benzene ring substituents is 1. The Morgan fingerprint density at radius 2 is 1.90 bits per heavy atom. The lowest BCUT2D eigenvalue weighted by molar-refractivity contribution is -0.384. The standard InChI is InChI=1S/C21H22FN3O5/c1-14-5-7-17(16(22)11-14)23-20(26)13-30-21(27)15-6-8-18(19(12-15)25(28)29)24-9-3-2-4-10-24/h5-8,11-12H,2-4,9-10,13H2,1H3,(H,23,26). The van der Waals surface area contributed by atoms with Crippen LogP contribution in [0.15, 0.2) is 36.4 Å². The highest BCUT2D eigenvalue weighted by Crippen LogP contribution is 2.31. The van der Waals surface area contributed by atoms with E-state index in [-0.39, 0.29) is 16.9 Å². The van der Waals surface area contributed by atoms with Crippen molar-refractivity contribution in [2.75, 3.05) is 29.9 Å². The number of nitrogens with one attached hydrogen (secondary N) is 1. The minimum absolute atomic E-state index is 0.0248. The van der Waals surface area contributed by atoms with Gasteiger partial charge in [0.25, 0.3) is 11.6 Å². The Hall–Kier alpha value is -3.49. The molecule has 0 unspecified atom stereocenters. The maximum atomic E-state index is 13.8. The van der Waals surface area contributed by atoms with E-state index in [0.29, 0.717) is 11.3 Å². The van der Waals surface area contributed by atoms with Gasteiger partial charge in [0, 0.05) is 19.2 Å². The van der Waals surface area contributed by atoms with E-state index in [2.05, 4.69) is 5.32 Å². The van der Waals surface area contributed by atoms with Gasteiger partial charge in [-0.3, -0.25) is 14.9 Å². The summed E-state index contributed by atoms with van der Waals surface area (Å²) in [5, 5.41) is 13.8. The molecule has 158 valence electrons. The van der Waals surface area contributed by atoms with Crippen molar-refractivity contribution in [2.24, 2.45) is 0 Å². The molecule has 0 spiro atoms. The number of piperidine rings is 1. The zero-order chi connectivity index (χ0) is 21.7. The normalized spacial score (nSPS) is 13.6. The molecule has 1 heterocycles. The van der Waals surface area contributed by atoms with Crippen LogP contribution in [0.2, 0.25) is 0 Å². The second-order valence-corrected chi connectivity index (χ2v) is 7.12. The number of amides is 1. The first-order valence-electron chi connectivity index (χ1n) is 9.61. The molecule has 9 heteroatoms. The van der Waals surface area contributed by atoms with Crippen LogP contribution in [0.4, 0.5) is 21.5 Å². The summed E-state index contributed by atoms with van der Waals surface area (Å²) in [6.45, 7) is 2.51. The summed E-state index contributed by atoms with van der Waals surface area (Å²) < 4.78 is 18.7. The van der Waals surface area contributed by atoms with Crippen LogP contribution < -0.4 is 10.2 Å². The SMILES string of the molecule is Cc1ccc(NC(=O)COC(=O)c2ccc(N3CCCCC3)c([N+](=O)[O-])c2)c(F)c1. The summed E-state index contributed by atoms with van der Waals surface area (Å²) in [5.41, 5.74) is 0.924. The number of hydrogen-bond acceptors (Lipinski definition) is 6. The number of nitro groups is 1. The summed E-state index contributed by atoms with van der Waals surface area (Å²) >= 11 is 0. The van der Waals surface area contributed by atoms with Gasteiger partial charge >= 0.3 is 5.97 Å². The van der Waals surface area contributed by atoms with E-state index in [0.717, 1.165) is 38.4 Å². The van der Waals surface area contributed by atoms with Crippen molar-refractivity contribution in [1.82, 2.24) is 0 Å². The van der Waals surface area contributed by atoms with Crippen molar-refractivity contribution in [2.45, 2.75) is 26.2 Å². The molecule has 0 aromatic heterocycles. The Kier molecular flexibility index (Phi) is 6.61. The molecule has 1 amide bonds. The van der Waals surface area contributed by atoms with Gasteiger partial charge in [-0.25, -0.2) is 9.18 Å². The van der Waals surface area contributed by atoms with E-state index in [1.54, 1.807) is 13.0 Å². The number of ether oxygens (including phenoxy) is 1. The predicted molar refractivity (Wildman–Crippen MR) is 109 cm³/mol. The van der Waals surface area contributed by atoms with Gasteiger partial charge in [0.1, 0.15) is 11.5 Å². The van der Waals surface area contributed by atoms with Crippen molar-refractivity contribution in [3.05, 3.63) is 63.5 Å². The van der Waals surface area contributed by atoms with Crippen molar-refractivity contribution >= 4 is 28.9 Å². The number of carbonyl (C=O) groups excluding carboxylic acids is 2. The molecule has 0 radical (unpaired) electrons. The molecule has 3 rings (SSSR count). The second kappa shape index (κ2) is 9.34. The summed E-state index contributed by atoms with van der Waals surface area (Å²) in [6.07, 6.45) is 3.00. The van der Waals surface area contributed by atoms with Gasteiger partial charge in [-0.1, -0.05) is 6.07 Å². The first kappa shape index (κ1) is 21.2. The lowest BCUT2D eigenvalue weighted by atomic mass is 10.1. The molecule has 2 aromatic rings. The number of halogens is 1. The minimum atomic E-state index is -0.872. The predicted octanol–water partition coefficient (Wildman–Crippen LogP) is 3.83. The number of nitrogens with zero attached hydrogens (tertiary/aromatic N) is 2. The number of aryl methyl sites for hydroxylation is 1. The third-order valence-electron chi connectivity index (χ3n) is 4.84. The molecule has 2 aromatic carbocycles. The molecule has 1 saturated heterocycles. The van der Waals surface area contributed by atoms with Crippen molar-refractivity contribution in [1.29, 1.82) is 0 Å². The van der Waals surface area contributed by atoms with Crippen LogP contribution in [0.1, 0.15) is 35.2 Å². The lowest BCUT2D eigenvalue weighted by Gasteiger charge is -2.28. The van der Waals surface area contributed by atoms with Crippen LogP contribution >= 0.6 is 0 Å². The lowest BCUT2D eigenvalue weighted by Crippen LogP contribution is -2.30. The Labute approximate surface area is 172 Å². The average molecular weight is 415 g/mol. The van der Waals surface area contributed by atoms with Gasteiger partial charge < -0.3 is 15.0 Å². The van der Waals surface area contributed by atoms with E-state index in [1.165, 1.54) is 24.3 Å². The maximum absolute atomic E-state index is 13.8. The molecular weight excluding hydrogens is 393 g/mol. The summed E-state index contributed by atoms with van der Waals surface area (Å²) in [5.74, 6) is -2.19. The van der Waals surface area contributed by atoms with Gasteiger partial charge in [-0.2, -0.15) is 0 Å². The Morgan fingerprint density at radius 3 is 2.57 bits per heavy atom. The van der Waals surface area contributed by atoms with Gasteiger partial charge in [-0.15, -0.1) is 0 Å². The number of carbonyl (C=O) groups is 2. The number of esters is 1. The van der Waals surface area contributed by atoms with Gasteiger partial charge in [0.15, 0.2) is 6.61 Å². The fourth-order valence-corrected chi connectivity index (χ4v) is 3.32. The van der Waals surface area contributed by atoms with Crippen molar-refractivity contribution in [3.8, 4) is 0 Å². The second-order valence-electron chi connectivity index (χ2n) is 7.12. The monoisotopic (exact) mass is 415 g/mol. The molecule has 8 nitrogen and oxygen atoms in total. The van der Waals surface area contributed by atoms with Crippen molar-refractivity contribution < 1.29 is 23.6 Å². The fraction of sp³-hybridized carbons (Fsp3) is 0.333. The van der Waals surface area contributed by atoms with Gasteiger partial charge in [-0.05, 0) is 56.0 Å². The molecule has 30 heavy (non-hydrogen) atoms. The van der Waals surface area contributed by atoms with Gasteiger partial charge in [0.05, 0.1) is 16.2 Å². The highest BCUT2D eigenvalue weighted by Gasteiger charge is 2.24. The number of rotatable bonds is 6. The Morgan fingerprint density at radius 1 is 1.17 bits per heavy atom. The molecule has 1 aliphatic heterocycles. The molecule has 1 N–H and O–H groups in total. The quantitative estimate of drug-likeness (QED) is 0.437. The third-order valence-corrected chi connectivity index (χ3v) is 4.84. The van der Waals surface area contributed by atoms with E-state index >= 15 is 0 Å². The Balaban J connectivity index is 1.65. The number of benzene rings is 2. The smallest absolute Gasteiger partial charge is 0.338 e. The van der Waals surface area contributed by atoms with Crippen LogP contribution in [0.5, 0.6) is 0 Å². The topological polar surface area (TPSA) is 102 Å². The van der Waals surface area contributed by atoms with Crippen LogP contribution in [0.25, 0.3) is 0 Å². The number of hydrogen-bond donors (Lipinski definition) is 1. The summed E-state index contributed by atoms with van der Waals surface area (Å²) in [7, 11) is 0. The molecular formula is C21H22FN3O5. The molecule has 1 fully saturated rings. The number of anilines is 2. The maximum Gasteiger partial charge on any atom is 0.338 e. The highest BCUT2D eigenvalue weighted by molar-refractivity contribution is 5.96. The first-order valence-corrected chi connectivity index (χ1v) is 9.61. The molecule has 0 aliphatic carbocycles. The summed E-state index contributed by atoms with van der Waals surface area (Å²) in [4.78, 5) is 37.1. The van der Waals surface area contributed by atoms with E-state index in [1.807, 2.05) is 4.90 Å². The van der Waals surface area contributed by atoms with Crippen LogP contribution in [-0.2, 0) is 9.53 Å². The summed E-state index contributed by atoms with van der Waals surface area (Å²) in [6, 6.07) is 8.44. The molecule has 1 aliphatic rings. The van der Waals surface area contributed by atoms with Gasteiger partial charge in [0.2, 0.25) is 0 Å². The van der Waals surface area contributed by atoms with Crippen molar-refractivity contribution in [3.63, 3.8) is 0 Å². The molecule has 0 atom stereocenters. The average Bonchev–Trinajstić information content (AvgIpc) is 2.74. The van der Waals surface area contributed by atoms with E-state index in [9.17, 15) is 24.1 Å². The zero-order valence-electron chi connectivity index (χ0n) is 16.5. The first-order chi connectivity index (χ1) is 14.3. The highest BCUT2D eigenvalue weighted by atomic mass is 19.1. The van der Waals surface area contributed by atoms with Crippen LogP contribution in [0.3, 0.4) is 0 Å². The van der Waals surface area contributed by atoms with Crippen LogP contribution in [0, 0.1) is 22.9 Å². The largest absolute Gasteiger partial charge is 0.452 e. The zero-order valence-corrected chi connectivity index (χ0v) is 16.5. The molecule has 0 saturated carbocycles. The molecule has 0 bridgehead atoms. The van der Waals surface area contributed by atoms with E-state index in [4.69, 9.17) is 4.74 Å². The van der Waals surface area contributed by atoms with E-state index < -0.39 is 29.2 Å². The Bertz CT molecular complexity index is 973. The third kappa shape index (κ3) is 5.11. The fourth-order valence-electron chi connectivity index (χ4n) is 3.32. The van der Waals surface area contributed by atoms with Crippen LogP contribution in [-0.4, -0.2) is 36.5 Å². The minimum Gasteiger partial charge on any atom is -0.452 e.